The number of nitrogens with one attached hydrogen (secondary N) is 1. The van der Waals surface area contributed by atoms with Crippen molar-refractivity contribution in [1.82, 2.24) is 9.88 Å². The minimum Gasteiger partial charge on any atom is -0.497 e. The molecule has 0 bridgehead atoms. The van der Waals surface area contributed by atoms with E-state index in [1.807, 2.05) is 6.92 Å². The molecule has 0 fully saturated rings. The zero-order valence-electron chi connectivity index (χ0n) is 14.3. The summed E-state index contributed by atoms with van der Waals surface area (Å²) < 4.78 is 44.2. The van der Waals surface area contributed by atoms with Crippen LogP contribution in [0.1, 0.15) is 30.5 Å². The fourth-order valence-corrected chi connectivity index (χ4v) is 2.53. The number of carbonyl (C=O) groups excluding carboxylic acids is 1. The van der Waals surface area contributed by atoms with Crippen molar-refractivity contribution < 1.29 is 22.7 Å². The van der Waals surface area contributed by atoms with Crippen LogP contribution < -0.4 is 15.6 Å². The van der Waals surface area contributed by atoms with Gasteiger partial charge in [0, 0.05) is 6.20 Å². The minimum atomic E-state index is -4.76. The van der Waals surface area contributed by atoms with Gasteiger partial charge in [-0.25, -0.2) is 0 Å². The fourth-order valence-electron chi connectivity index (χ4n) is 2.53. The summed E-state index contributed by atoms with van der Waals surface area (Å²) in [7, 11) is 1.54. The number of hydrogen-bond acceptors (Lipinski definition) is 3. The number of benzene rings is 1. The summed E-state index contributed by atoms with van der Waals surface area (Å²) in [5.74, 6) is 0.125. The molecule has 0 saturated carbocycles. The van der Waals surface area contributed by atoms with Crippen molar-refractivity contribution in [1.29, 1.82) is 0 Å². The summed E-state index contributed by atoms with van der Waals surface area (Å²) in [6.45, 7) is 1.38. The van der Waals surface area contributed by atoms with Crippen molar-refractivity contribution in [3.05, 3.63) is 64.1 Å². The van der Waals surface area contributed by atoms with E-state index in [1.165, 1.54) is 0 Å². The minimum absolute atomic E-state index is 0.324. The molecule has 1 atom stereocenters. The molecule has 2 rings (SSSR count). The molecule has 2 aromatic rings. The number of amides is 1. The molecule has 0 aliphatic rings. The predicted octanol–water partition coefficient (Wildman–Crippen LogP) is 3.14. The van der Waals surface area contributed by atoms with Crippen LogP contribution in [0.2, 0.25) is 0 Å². The highest BCUT2D eigenvalue weighted by Gasteiger charge is 2.34. The van der Waals surface area contributed by atoms with Crippen LogP contribution in [0.15, 0.2) is 47.4 Å². The van der Waals surface area contributed by atoms with Gasteiger partial charge >= 0.3 is 6.18 Å². The van der Waals surface area contributed by atoms with Gasteiger partial charge in [-0.3, -0.25) is 9.59 Å². The molecular formula is C18H19F3N2O3. The van der Waals surface area contributed by atoms with E-state index in [4.69, 9.17) is 4.74 Å². The fraction of sp³-hybridized carbons (Fsp3) is 0.333. The van der Waals surface area contributed by atoms with Crippen LogP contribution >= 0.6 is 0 Å². The maximum atomic E-state index is 12.8. The van der Waals surface area contributed by atoms with Gasteiger partial charge in [0.25, 0.3) is 5.56 Å². The van der Waals surface area contributed by atoms with Gasteiger partial charge in [0.05, 0.1) is 13.2 Å². The highest BCUT2D eigenvalue weighted by atomic mass is 19.4. The smallest absolute Gasteiger partial charge is 0.421 e. The Balaban J connectivity index is 2.13. The lowest BCUT2D eigenvalue weighted by Crippen LogP contribution is -2.36. The maximum absolute atomic E-state index is 12.8. The molecule has 0 radical (unpaired) electrons. The summed E-state index contributed by atoms with van der Waals surface area (Å²) in [5, 5.41) is 2.73. The number of ether oxygens (including phenoxy) is 1. The van der Waals surface area contributed by atoms with Gasteiger partial charge in [0.15, 0.2) is 0 Å². The van der Waals surface area contributed by atoms with Crippen LogP contribution in [0.4, 0.5) is 13.2 Å². The Bertz CT molecular complexity index is 814. The topological polar surface area (TPSA) is 60.3 Å². The Hall–Kier alpha value is -2.77. The summed E-state index contributed by atoms with van der Waals surface area (Å²) in [6.07, 6.45) is -3.02. The number of rotatable bonds is 6. The van der Waals surface area contributed by atoms with E-state index >= 15 is 0 Å². The number of halogens is 3. The molecule has 0 saturated heterocycles. The Kier molecular flexibility index (Phi) is 6.07. The summed E-state index contributed by atoms with van der Waals surface area (Å²) in [5.41, 5.74) is -1.71. The Morgan fingerprint density at radius 1 is 1.23 bits per heavy atom. The van der Waals surface area contributed by atoms with E-state index in [0.29, 0.717) is 18.2 Å². The third kappa shape index (κ3) is 4.65. The zero-order chi connectivity index (χ0) is 19.3. The zero-order valence-corrected chi connectivity index (χ0v) is 14.3. The van der Waals surface area contributed by atoms with Gasteiger partial charge < -0.3 is 14.6 Å². The quantitative estimate of drug-likeness (QED) is 0.852. The summed E-state index contributed by atoms with van der Waals surface area (Å²) >= 11 is 0. The van der Waals surface area contributed by atoms with Gasteiger partial charge in [0.1, 0.15) is 17.9 Å². The average Bonchev–Trinajstić information content (AvgIpc) is 2.60. The van der Waals surface area contributed by atoms with E-state index < -0.39 is 29.8 Å². The number of alkyl halides is 3. The molecular weight excluding hydrogens is 349 g/mol. The lowest BCUT2D eigenvalue weighted by Gasteiger charge is -2.18. The van der Waals surface area contributed by atoms with Crippen LogP contribution in [0.5, 0.6) is 5.75 Å². The number of nitrogens with zero attached hydrogens (tertiary/aromatic N) is 1. The SMILES string of the molecule is CCC(NC(=O)Cn1cccc(C(F)(F)F)c1=O)c1ccc(OC)cc1. The Morgan fingerprint density at radius 3 is 2.42 bits per heavy atom. The van der Waals surface area contributed by atoms with Crippen molar-refractivity contribution >= 4 is 5.91 Å². The van der Waals surface area contributed by atoms with Gasteiger partial charge in [-0.15, -0.1) is 0 Å². The van der Waals surface area contributed by atoms with E-state index in [2.05, 4.69) is 5.32 Å². The standard InChI is InChI=1S/C18H19F3N2O3/c1-3-15(12-6-8-13(26-2)9-7-12)22-16(24)11-23-10-4-5-14(17(23)25)18(19,20)21/h4-10,15H,3,11H2,1-2H3,(H,22,24). The first-order valence-electron chi connectivity index (χ1n) is 7.96. The number of carbonyl (C=O) groups is 1. The van der Waals surface area contributed by atoms with Gasteiger partial charge in [-0.2, -0.15) is 13.2 Å². The number of pyridine rings is 1. The van der Waals surface area contributed by atoms with Crippen LogP contribution in [0, 0.1) is 0 Å². The second-order valence-electron chi connectivity index (χ2n) is 5.65. The molecule has 8 heteroatoms. The highest BCUT2D eigenvalue weighted by Crippen LogP contribution is 2.26. The first-order valence-corrected chi connectivity index (χ1v) is 7.96. The molecule has 1 N–H and O–H groups in total. The van der Waals surface area contributed by atoms with E-state index in [0.717, 1.165) is 22.4 Å². The first-order chi connectivity index (χ1) is 12.3. The van der Waals surface area contributed by atoms with Crippen LogP contribution in [-0.4, -0.2) is 17.6 Å². The second kappa shape index (κ2) is 8.07. The van der Waals surface area contributed by atoms with E-state index in [-0.39, 0.29) is 6.04 Å². The largest absolute Gasteiger partial charge is 0.497 e. The average molecular weight is 368 g/mol. The van der Waals surface area contributed by atoms with Gasteiger partial charge in [-0.1, -0.05) is 19.1 Å². The highest BCUT2D eigenvalue weighted by molar-refractivity contribution is 5.76. The van der Waals surface area contributed by atoms with Crippen molar-refractivity contribution in [2.75, 3.05) is 7.11 Å². The molecule has 5 nitrogen and oxygen atoms in total. The number of aromatic nitrogens is 1. The molecule has 0 aliphatic carbocycles. The molecule has 0 aliphatic heterocycles. The summed E-state index contributed by atoms with van der Waals surface area (Å²) in [6, 6.07) is 8.56. The van der Waals surface area contributed by atoms with Gasteiger partial charge in [-0.05, 0) is 36.2 Å². The molecule has 1 unspecified atom stereocenters. The molecule has 140 valence electrons. The third-order valence-corrected chi connectivity index (χ3v) is 3.90. The third-order valence-electron chi connectivity index (χ3n) is 3.90. The molecule has 26 heavy (non-hydrogen) atoms. The second-order valence-corrected chi connectivity index (χ2v) is 5.65. The van der Waals surface area contributed by atoms with Crippen molar-refractivity contribution in [3.8, 4) is 5.75 Å². The van der Waals surface area contributed by atoms with Gasteiger partial charge in [0.2, 0.25) is 5.91 Å². The van der Waals surface area contributed by atoms with Crippen molar-refractivity contribution in [2.24, 2.45) is 0 Å². The monoisotopic (exact) mass is 368 g/mol. The molecule has 1 aromatic heterocycles. The molecule has 0 spiro atoms. The lowest BCUT2D eigenvalue weighted by molar-refractivity contribution is -0.139. The van der Waals surface area contributed by atoms with Crippen molar-refractivity contribution in [3.63, 3.8) is 0 Å². The van der Waals surface area contributed by atoms with E-state index in [9.17, 15) is 22.8 Å². The molecule has 1 heterocycles. The van der Waals surface area contributed by atoms with Crippen LogP contribution in [0.25, 0.3) is 0 Å². The van der Waals surface area contributed by atoms with Crippen LogP contribution in [-0.2, 0) is 17.5 Å². The molecule has 1 amide bonds. The first kappa shape index (κ1) is 19.6. The predicted molar refractivity (Wildman–Crippen MR) is 89.9 cm³/mol. The number of methoxy groups -OCH3 is 1. The van der Waals surface area contributed by atoms with Crippen LogP contribution in [0.3, 0.4) is 0 Å². The molecule has 1 aromatic carbocycles. The summed E-state index contributed by atoms with van der Waals surface area (Å²) in [4.78, 5) is 24.1. The normalized spacial score (nSPS) is 12.5. The number of hydrogen-bond donors (Lipinski definition) is 1. The lowest BCUT2D eigenvalue weighted by atomic mass is 10.0. The Labute approximate surface area is 148 Å². The van der Waals surface area contributed by atoms with Crippen molar-refractivity contribution in [2.45, 2.75) is 32.1 Å². The Morgan fingerprint density at radius 2 is 1.88 bits per heavy atom. The maximum Gasteiger partial charge on any atom is 0.421 e. The van der Waals surface area contributed by atoms with E-state index in [1.54, 1.807) is 31.4 Å².